The lowest BCUT2D eigenvalue weighted by atomic mass is 9.99. The molecule has 0 amide bonds. The first-order chi connectivity index (χ1) is 11.0. The average molecular weight is 426 g/mol. The fraction of sp³-hybridized carbons (Fsp3) is 0.278. The summed E-state index contributed by atoms with van der Waals surface area (Å²) in [6.07, 6.45) is 0. The zero-order valence-electron chi connectivity index (χ0n) is 13.1. The number of carbonyl (C=O) groups is 1. The summed E-state index contributed by atoms with van der Waals surface area (Å²) < 4.78 is 11.9. The van der Waals surface area contributed by atoms with Crippen LogP contribution in [-0.4, -0.2) is 28.7 Å². The first-order valence-electron chi connectivity index (χ1n) is 7.26. The lowest BCUT2D eigenvalue weighted by Gasteiger charge is -2.14. The van der Waals surface area contributed by atoms with E-state index in [-0.39, 0.29) is 6.61 Å². The van der Waals surface area contributed by atoms with Crippen LogP contribution in [0.3, 0.4) is 0 Å². The molecule has 0 aromatic heterocycles. The summed E-state index contributed by atoms with van der Waals surface area (Å²) in [6.45, 7) is 4.46. The number of hydrogen-bond donors (Lipinski definition) is 1. The number of hydrogen-bond acceptors (Lipinski definition) is 3. The summed E-state index contributed by atoms with van der Waals surface area (Å²) in [6, 6.07) is 11.6. The summed E-state index contributed by atoms with van der Waals surface area (Å²) in [5.74, 6) is 0.515. The van der Waals surface area contributed by atoms with Crippen LogP contribution in [0.1, 0.15) is 11.1 Å². The Morgan fingerprint density at radius 3 is 2.17 bits per heavy atom. The Hall–Kier alpha value is -1.76. The van der Waals surface area contributed by atoms with Crippen molar-refractivity contribution in [2.45, 2.75) is 13.8 Å². The van der Waals surface area contributed by atoms with Gasteiger partial charge < -0.3 is 14.6 Å². The Morgan fingerprint density at radius 2 is 1.65 bits per heavy atom. The largest absolute Gasteiger partial charge is 0.492 e. The minimum atomic E-state index is -0.984. The van der Waals surface area contributed by atoms with Crippen molar-refractivity contribution in [2.24, 2.45) is 0 Å². The number of benzene rings is 2. The molecule has 0 aliphatic carbocycles. The number of ether oxygens (including phenoxy) is 2. The number of alkyl halides is 1. The second kappa shape index (κ2) is 8.19. The third kappa shape index (κ3) is 4.86. The van der Waals surface area contributed by atoms with Crippen LogP contribution in [0.15, 0.2) is 36.4 Å². The van der Waals surface area contributed by atoms with Gasteiger partial charge in [-0.05, 0) is 60.4 Å². The minimum absolute atomic E-state index is 0.333. The summed E-state index contributed by atoms with van der Waals surface area (Å²) >= 11 is 2.29. The average Bonchev–Trinajstić information content (AvgIpc) is 2.52. The van der Waals surface area contributed by atoms with Gasteiger partial charge >= 0.3 is 5.97 Å². The maximum atomic E-state index is 10.5. The fourth-order valence-corrected chi connectivity index (χ4v) is 2.59. The highest BCUT2D eigenvalue weighted by Crippen LogP contribution is 2.31. The van der Waals surface area contributed by atoms with Crippen LogP contribution in [0.5, 0.6) is 11.5 Å². The Labute approximate surface area is 149 Å². The maximum absolute atomic E-state index is 10.5. The Morgan fingerprint density at radius 1 is 1.04 bits per heavy atom. The van der Waals surface area contributed by atoms with Crippen LogP contribution >= 0.6 is 22.6 Å². The first kappa shape index (κ1) is 17.6. The number of aryl methyl sites for hydroxylation is 2. The molecule has 0 aliphatic heterocycles. The van der Waals surface area contributed by atoms with Crippen molar-refractivity contribution in [1.29, 1.82) is 0 Å². The second-order valence-corrected chi connectivity index (χ2v) is 6.26. The molecular formula is C18H19IO4. The van der Waals surface area contributed by atoms with Crippen molar-refractivity contribution in [3.05, 3.63) is 47.5 Å². The molecule has 1 N–H and O–H groups in total. The molecule has 0 saturated carbocycles. The van der Waals surface area contributed by atoms with Crippen LogP contribution in [0.2, 0.25) is 0 Å². The molecule has 0 atom stereocenters. The molecule has 0 saturated heterocycles. The van der Waals surface area contributed by atoms with E-state index in [1.807, 2.05) is 26.0 Å². The maximum Gasteiger partial charge on any atom is 0.341 e. The molecule has 5 heteroatoms. The zero-order valence-corrected chi connectivity index (χ0v) is 15.3. The molecule has 0 bridgehead atoms. The number of halogens is 1. The van der Waals surface area contributed by atoms with Crippen LogP contribution in [0.25, 0.3) is 11.1 Å². The van der Waals surface area contributed by atoms with Crippen molar-refractivity contribution in [2.75, 3.05) is 17.6 Å². The van der Waals surface area contributed by atoms with Gasteiger partial charge in [-0.25, -0.2) is 4.79 Å². The van der Waals surface area contributed by atoms with E-state index in [0.29, 0.717) is 12.4 Å². The predicted octanol–water partition coefficient (Wildman–Crippen LogP) is 4.25. The summed E-state index contributed by atoms with van der Waals surface area (Å²) in [5.41, 5.74) is 4.37. The molecule has 122 valence electrons. The lowest BCUT2D eigenvalue weighted by Crippen LogP contribution is -2.09. The van der Waals surface area contributed by atoms with Gasteiger partial charge in [0.1, 0.15) is 11.5 Å². The predicted molar refractivity (Wildman–Crippen MR) is 98.9 cm³/mol. The van der Waals surface area contributed by atoms with Crippen LogP contribution in [0, 0.1) is 13.8 Å². The van der Waals surface area contributed by atoms with Crippen molar-refractivity contribution >= 4 is 28.6 Å². The van der Waals surface area contributed by atoms with Gasteiger partial charge in [-0.15, -0.1) is 0 Å². The third-order valence-electron chi connectivity index (χ3n) is 3.33. The van der Waals surface area contributed by atoms with Gasteiger partial charge in [-0.1, -0.05) is 34.7 Å². The van der Waals surface area contributed by atoms with Crippen LogP contribution < -0.4 is 9.47 Å². The topological polar surface area (TPSA) is 55.8 Å². The molecule has 0 heterocycles. The van der Waals surface area contributed by atoms with Gasteiger partial charge in [0, 0.05) is 4.43 Å². The first-order valence-corrected chi connectivity index (χ1v) is 8.79. The highest BCUT2D eigenvalue weighted by atomic mass is 127. The molecule has 0 radical (unpaired) electrons. The van der Waals surface area contributed by atoms with Crippen molar-refractivity contribution in [3.8, 4) is 22.6 Å². The Balaban J connectivity index is 2.20. The Kier molecular flexibility index (Phi) is 6.27. The van der Waals surface area contributed by atoms with Crippen molar-refractivity contribution in [3.63, 3.8) is 0 Å². The van der Waals surface area contributed by atoms with Crippen molar-refractivity contribution in [1.82, 2.24) is 0 Å². The van der Waals surface area contributed by atoms with E-state index >= 15 is 0 Å². The van der Waals surface area contributed by atoms with Crippen LogP contribution in [0.4, 0.5) is 0 Å². The quantitative estimate of drug-likeness (QED) is 0.532. The molecule has 23 heavy (non-hydrogen) atoms. The lowest BCUT2D eigenvalue weighted by molar-refractivity contribution is -0.139. The number of carboxylic acids is 1. The number of rotatable bonds is 7. The molecule has 0 aliphatic rings. The smallest absolute Gasteiger partial charge is 0.341 e. The van der Waals surface area contributed by atoms with E-state index in [1.165, 1.54) is 0 Å². The zero-order chi connectivity index (χ0) is 16.8. The van der Waals surface area contributed by atoms with E-state index in [2.05, 4.69) is 34.7 Å². The molecule has 2 aromatic rings. The summed E-state index contributed by atoms with van der Waals surface area (Å²) in [7, 11) is 0. The van der Waals surface area contributed by atoms with E-state index in [4.69, 9.17) is 14.6 Å². The van der Waals surface area contributed by atoms with E-state index in [1.54, 1.807) is 12.1 Å². The summed E-state index contributed by atoms with van der Waals surface area (Å²) in [5, 5.41) is 8.62. The molecule has 0 unspecified atom stereocenters. The molecule has 0 fully saturated rings. The minimum Gasteiger partial charge on any atom is -0.492 e. The Bertz CT molecular complexity index is 657. The fourth-order valence-electron chi connectivity index (χ4n) is 2.37. The van der Waals surface area contributed by atoms with Gasteiger partial charge in [0.15, 0.2) is 6.61 Å². The number of aliphatic carboxylic acids is 1. The third-order valence-corrected chi connectivity index (χ3v) is 3.77. The highest BCUT2D eigenvalue weighted by molar-refractivity contribution is 14.1. The van der Waals surface area contributed by atoms with E-state index in [9.17, 15) is 4.79 Å². The monoisotopic (exact) mass is 426 g/mol. The molecule has 4 nitrogen and oxygen atoms in total. The highest BCUT2D eigenvalue weighted by Gasteiger charge is 2.08. The molecule has 0 spiro atoms. The van der Waals surface area contributed by atoms with Gasteiger partial charge in [-0.2, -0.15) is 0 Å². The van der Waals surface area contributed by atoms with Gasteiger partial charge in [0.25, 0.3) is 0 Å². The van der Waals surface area contributed by atoms with E-state index in [0.717, 1.165) is 32.4 Å². The SMILES string of the molecule is Cc1cc(-c2ccc(OCC(=O)O)cc2)cc(C)c1OCCI. The number of carboxylic acid groups (broad SMARTS) is 1. The second-order valence-electron chi connectivity index (χ2n) is 5.18. The standard InChI is InChI=1S/C18H19IO4/c1-12-9-15(10-13(2)18(12)22-8-7-19)14-3-5-16(6-4-14)23-11-17(20)21/h3-6,9-10H,7-8,11H2,1-2H3,(H,20,21). The van der Waals surface area contributed by atoms with Gasteiger partial charge in [-0.3, -0.25) is 0 Å². The van der Waals surface area contributed by atoms with E-state index < -0.39 is 5.97 Å². The summed E-state index contributed by atoms with van der Waals surface area (Å²) in [4.78, 5) is 10.5. The normalized spacial score (nSPS) is 10.4. The van der Waals surface area contributed by atoms with Gasteiger partial charge in [0.2, 0.25) is 0 Å². The molecule has 2 rings (SSSR count). The van der Waals surface area contributed by atoms with Crippen molar-refractivity contribution < 1.29 is 19.4 Å². The van der Waals surface area contributed by atoms with Gasteiger partial charge in [0.05, 0.1) is 6.61 Å². The molecular weight excluding hydrogens is 407 g/mol. The molecule has 2 aromatic carbocycles. The van der Waals surface area contributed by atoms with Crippen LogP contribution in [-0.2, 0) is 4.79 Å².